The number of esters is 1. The highest BCUT2D eigenvalue weighted by molar-refractivity contribution is 8.00. The first-order valence-corrected chi connectivity index (χ1v) is 17.2. The van der Waals surface area contributed by atoms with E-state index >= 15 is 0 Å². The standard InChI is InChI=1S/C33H41N3O5S2/c1-25(37)40-22-17-26-15-20-35(21-16-26)18-8-19-36-29-11-7-12-32(43(38,39)34(2)3)33(29)42-31-14-13-28(23-30(31)36)41-24-27-9-5-4-6-10-27/h4-7,9-14,23,26H,8,15-22,24H2,1-3H3. The lowest BCUT2D eigenvalue weighted by molar-refractivity contribution is -0.141. The number of rotatable bonds is 12. The van der Waals surface area contributed by atoms with E-state index in [0.29, 0.717) is 24.0 Å². The van der Waals surface area contributed by atoms with Crippen LogP contribution in [-0.2, 0) is 26.2 Å². The minimum atomic E-state index is -3.62. The van der Waals surface area contributed by atoms with Crippen molar-refractivity contribution in [3.05, 3.63) is 72.3 Å². The SMILES string of the molecule is CC(=O)OCCC1CCN(CCCN2c3cc(OCc4ccccc4)ccc3Sc3c2cccc3S(=O)(=O)N(C)C)CC1. The van der Waals surface area contributed by atoms with Gasteiger partial charge in [-0.05, 0) is 81.1 Å². The van der Waals surface area contributed by atoms with Gasteiger partial charge in [-0.2, -0.15) is 0 Å². The first-order valence-electron chi connectivity index (χ1n) is 14.9. The third kappa shape index (κ3) is 7.73. The highest BCUT2D eigenvalue weighted by atomic mass is 32.2. The average Bonchev–Trinajstić information content (AvgIpc) is 3.00. The lowest BCUT2D eigenvalue weighted by Gasteiger charge is -2.36. The fourth-order valence-corrected chi connectivity index (χ4v) is 8.15. The van der Waals surface area contributed by atoms with E-state index < -0.39 is 10.0 Å². The molecule has 0 aliphatic carbocycles. The molecule has 3 aromatic carbocycles. The maximum Gasteiger partial charge on any atom is 0.302 e. The molecular weight excluding hydrogens is 583 g/mol. The Morgan fingerprint density at radius 3 is 2.47 bits per heavy atom. The third-order valence-corrected chi connectivity index (χ3v) is 11.3. The van der Waals surface area contributed by atoms with Crippen molar-refractivity contribution in [3.8, 4) is 5.75 Å². The molecule has 8 nitrogen and oxygen atoms in total. The van der Waals surface area contributed by atoms with Gasteiger partial charge in [0.25, 0.3) is 0 Å². The highest BCUT2D eigenvalue weighted by Crippen LogP contribution is 2.51. The lowest BCUT2D eigenvalue weighted by Crippen LogP contribution is -2.36. The number of hydrogen-bond donors (Lipinski definition) is 0. The molecule has 3 aromatic rings. The van der Waals surface area contributed by atoms with Crippen LogP contribution in [0.2, 0.25) is 0 Å². The summed E-state index contributed by atoms with van der Waals surface area (Å²) in [6.45, 7) is 6.24. The third-order valence-electron chi connectivity index (χ3n) is 8.08. The van der Waals surface area contributed by atoms with Crippen molar-refractivity contribution in [2.45, 2.75) is 53.9 Å². The predicted octanol–water partition coefficient (Wildman–Crippen LogP) is 6.17. The van der Waals surface area contributed by atoms with Crippen molar-refractivity contribution in [1.29, 1.82) is 0 Å². The summed E-state index contributed by atoms with van der Waals surface area (Å²) < 4.78 is 39.2. The second-order valence-corrected chi connectivity index (χ2v) is 14.5. The second kappa shape index (κ2) is 14.2. The molecule has 0 aromatic heterocycles. The van der Waals surface area contributed by atoms with Crippen LogP contribution in [0.1, 0.15) is 38.2 Å². The van der Waals surface area contributed by atoms with Crippen molar-refractivity contribution >= 4 is 39.1 Å². The molecule has 0 saturated carbocycles. The maximum atomic E-state index is 13.3. The summed E-state index contributed by atoms with van der Waals surface area (Å²) in [5, 5.41) is 0. The summed E-state index contributed by atoms with van der Waals surface area (Å²) in [4.78, 5) is 17.9. The topological polar surface area (TPSA) is 79.4 Å². The lowest BCUT2D eigenvalue weighted by atomic mass is 9.94. The van der Waals surface area contributed by atoms with Gasteiger partial charge in [-0.3, -0.25) is 4.79 Å². The van der Waals surface area contributed by atoms with Crippen LogP contribution in [0.3, 0.4) is 0 Å². The smallest absolute Gasteiger partial charge is 0.302 e. The van der Waals surface area contributed by atoms with E-state index in [1.165, 1.54) is 23.0 Å². The summed E-state index contributed by atoms with van der Waals surface area (Å²) in [5.41, 5.74) is 3.04. The summed E-state index contributed by atoms with van der Waals surface area (Å²) in [6.07, 6.45) is 4.09. The van der Waals surface area contributed by atoms with Crippen molar-refractivity contribution in [2.75, 3.05) is 51.8 Å². The number of benzene rings is 3. The Morgan fingerprint density at radius 2 is 1.74 bits per heavy atom. The number of carbonyl (C=O) groups excluding carboxylic acids is 1. The van der Waals surface area contributed by atoms with Crippen LogP contribution in [0.25, 0.3) is 0 Å². The van der Waals surface area contributed by atoms with Gasteiger partial charge in [-0.25, -0.2) is 12.7 Å². The molecule has 1 fully saturated rings. The van der Waals surface area contributed by atoms with Crippen LogP contribution in [0.15, 0.2) is 81.4 Å². The van der Waals surface area contributed by atoms with E-state index in [0.717, 1.165) is 84.3 Å². The van der Waals surface area contributed by atoms with Gasteiger partial charge in [0.1, 0.15) is 12.4 Å². The van der Waals surface area contributed by atoms with E-state index in [1.54, 1.807) is 20.2 Å². The normalized spacial score (nSPS) is 15.7. The predicted molar refractivity (Wildman–Crippen MR) is 171 cm³/mol. The largest absolute Gasteiger partial charge is 0.489 e. The number of piperidine rings is 1. The molecule has 0 radical (unpaired) electrons. The molecule has 5 rings (SSSR count). The molecule has 0 N–H and O–H groups in total. The number of ether oxygens (including phenoxy) is 2. The zero-order valence-electron chi connectivity index (χ0n) is 25.2. The van der Waals surface area contributed by atoms with Crippen molar-refractivity contribution in [1.82, 2.24) is 9.21 Å². The highest BCUT2D eigenvalue weighted by Gasteiger charge is 2.31. The Morgan fingerprint density at radius 1 is 0.977 bits per heavy atom. The van der Waals surface area contributed by atoms with E-state index in [9.17, 15) is 13.2 Å². The van der Waals surface area contributed by atoms with Crippen molar-refractivity contribution in [2.24, 2.45) is 5.92 Å². The van der Waals surface area contributed by atoms with Gasteiger partial charge in [0.05, 0.1) is 27.8 Å². The fraction of sp³-hybridized carbons (Fsp3) is 0.424. The van der Waals surface area contributed by atoms with Crippen LogP contribution in [0, 0.1) is 5.92 Å². The van der Waals surface area contributed by atoms with Crippen LogP contribution < -0.4 is 9.64 Å². The Bertz CT molecular complexity index is 1510. The summed E-state index contributed by atoms with van der Waals surface area (Å²) in [5.74, 6) is 1.17. The first-order chi connectivity index (χ1) is 20.7. The molecule has 2 aliphatic rings. The summed E-state index contributed by atoms with van der Waals surface area (Å²) in [6, 6.07) is 21.7. The van der Waals surface area contributed by atoms with Gasteiger partial charge in [0.15, 0.2) is 0 Å². The van der Waals surface area contributed by atoms with Crippen LogP contribution in [-0.4, -0.2) is 70.5 Å². The minimum absolute atomic E-state index is 0.210. The second-order valence-electron chi connectivity index (χ2n) is 11.3. The van der Waals surface area contributed by atoms with Crippen LogP contribution in [0.4, 0.5) is 11.4 Å². The number of anilines is 2. The van der Waals surface area contributed by atoms with E-state index in [4.69, 9.17) is 9.47 Å². The number of nitrogens with zero attached hydrogens (tertiary/aromatic N) is 3. The van der Waals surface area contributed by atoms with Gasteiger partial charge < -0.3 is 19.3 Å². The van der Waals surface area contributed by atoms with E-state index in [-0.39, 0.29) is 5.97 Å². The zero-order valence-corrected chi connectivity index (χ0v) is 26.8. The Labute approximate surface area is 260 Å². The number of fused-ring (bicyclic) bond motifs is 2. The molecule has 230 valence electrons. The zero-order chi connectivity index (χ0) is 30.4. The average molecular weight is 624 g/mol. The molecule has 0 bridgehead atoms. The monoisotopic (exact) mass is 623 g/mol. The molecule has 0 spiro atoms. The molecule has 0 unspecified atom stereocenters. The molecule has 1 saturated heterocycles. The Balaban J connectivity index is 1.32. The maximum absolute atomic E-state index is 13.3. The Kier molecular flexibility index (Phi) is 10.3. The van der Waals surface area contributed by atoms with Gasteiger partial charge in [-0.15, -0.1) is 0 Å². The summed E-state index contributed by atoms with van der Waals surface area (Å²) >= 11 is 1.51. The van der Waals surface area contributed by atoms with Gasteiger partial charge in [-0.1, -0.05) is 48.2 Å². The molecule has 0 atom stereocenters. The summed E-state index contributed by atoms with van der Waals surface area (Å²) in [7, 11) is -0.474. The molecular formula is C33H41N3O5S2. The Hall–Kier alpha value is -3.05. The van der Waals surface area contributed by atoms with Crippen molar-refractivity contribution < 1.29 is 22.7 Å². The van der Waals surface area contributed by atoms with Crippen LogP contribution in [0.5, 0.6) is 5.75 Å². The number of hydrogen-bond acceptors (Lipinski definition) is 8. The van der Waals surface area contributed by atoms with E-state index in [1.807, 2.05) is 54.6 Å². The minimum Gasteiger partial charge on any atom is -0.489 e. The molecule has 2 aliphatic heterocycles. The molecule has 43 heavy (non-hydrogen) atoms. The number of sulfonamides is 1. The van der Waals surface area contributed by atoms with Gasteiger partial charge in [0.2, 0.25) is 10.0 Å². The van der Waals surface area contributed by atoms with Gasteiger partial charge >= 0.3 is 5.97 Å². The molecule has 0 amide bonds. The number of likely N-dealkylation sites (tertiary alicyclic amines) is 1. The number of carbonyl (C=O) groups is 1. The quantitative estimate of drug-likeness (QED) is 0.222. The van der Waals surface area contributed by atoms with Crippen LogP contribution >= 0.6 is 11.8 Å². The molecule has 2 heterocycles. The van der Waals surface area contributed by atoms with Crippen molar-refractivity contribution in [3.63, 3.8) is 0 Å². The van der Waals surface area contributed by atoms with Gasteiger partial charge in [0, 0.05) is 38.5 Å². The van der Waals surface area contributed by atoms with E-state index in [2.05, 4.69) is 15.9 Å². The molecule has 10 heteroatoms. The fourth-order valence-electron chi connectivity index (χ4n) is 5.65. The first kappa shape index (κ1) is 31.4.